The van der Waals surface area contributed by atoms with Gasteiger partial charge < -0.3 is 4.42 Å². The lowest BCUT2D eigenvalue weighted by molar-refractivity contribution is 0.673. The van der Waals surface area contributed by atoms with Gasteiger partial charge in [0.25, 0.3) is 0 Å². The third kappa shape index (κ3) is 4.86. The van der Waals surface area contributed by atoms with Crippen molar-refractivity contribution in [3.05, 3.63) is 206 Å². The summed E-state index contributed by atoms with van der Waals surface area (Å²) in [6.45, 7) is 0. The maximum atomic E-state index is 6.63. The Kier molecular flexibility index (Phi) is 7.24. The smallest absolute Gasteiger partial charge is 0.144 e. The van der Waals surface area contributed by atoms with Gasteiger partial charge in [-0.05, 0) is 118 Å². The van der Waals surface area contributed by atoms with Crippen LogP contribution in [0.2, 0.25) is 0 Å². The summed E-state index contributed by atoms with van der Waals surface area (Å²) in [5, 5.41) is 14.8. The van der Waals surface area contributed by atoms with E-state index in [-0.39, 0.29) is 0 Å². The maximum absolute atomic E-state index is 6.63. The van der Waals surface area contributed by atoms with Crippen LogP contribution < -0.4 is 0 Å². The molecule has 0 fully saturated rings. The van der Waals surface area contributed by atoms with Crippen molar-refractivity contribution in [3.63, 3.8) is 0 Å². The van der Waals surface area contributed by atoms with Crippen LogP contribution in [0.3, 0.4) is 0 Å². The van der Waals surface area contributed by atoms with E-state index in [2.05, 4.69) is 206 Å². The first-order chi connectivity index (χ1) is 29.8. The highest BCUT2D eigenvalue weighted by atomic mass is 32.1. The van der Waals surface area contributed by atoms with Gasteiger partial charge in [-0.25, -0.2) is 0 Å². The highest BCUT2D eigenvalue weighted by Gasteiger charge is 2.22. The topological polar surface area (TPSA) is 13.1 Å². The first-order valence-electron chi connectivity index (χ1n) is 20.6. The second kappa shape index (κ2) is 13.0. The summed E-state index contributed by atoms with van der Waals surface area (Å²) in [4.78, 5) is 0. The summed E-state index contributed by atoms with van der Waals surface area (Å²) in [6.07, 6.45) is 0. The maximum Gasteiger partial charge on any atom is 0.144 e. The van der Waals surface area contributed by atoms with E-state index in [1.165, 1.54) is 113 Å². The van der Waals surface area contributed by atoms with Crippen molar-refractivity contribution in [2.75, 3.05) is 0 Å². The molecule has 0 bridgehead atoms. The Morgan fingerprint density at radius 1 is 0.283 bits per heavy atom. The van der Waals surface area contributed by atoms with Gasteiger partial charge in [-0.15, -0.1) is 11.3 Å². The monoisotopic (exact) mass is 778 g/mol. The van der Waals surface area contributed by atoms with Crippen molar-refractivity contribution < 1.29 is 4.42 Å². The van der Waals surface area contributed by atoms with Crippen LogP contribution in [-0.2, 0) is 0 Å². The Bertz CT molecular complexity index is 3830. The molecule has 0 atom stereocenters. The zero-order valence-electron chi connectivity index (χ0n) is 32.4. The molecule has 1 nitrogen and oxygen atoms in total. The molecule has 0 saturated heterocycles. The number of fused-ring (bicyclic) bond motifs is 12. The molecule has 13 aromatic rings. The Morgan fingerprint density at radius 3 is 1.53 bits per heavy atom. The Hall–Kier alpha value is -7.52. The lowest BCUT2D eigenvalue weighted by Crippen LogP contribution is -1.93. The molecule has 2 aromatic heterocycles. The summed E-state index contributed by atoms with van der Waals surface area (Å²) in [5.74, 6) is 0. The predicted octanol–water partition coefficient (Wildman–Crippen LogP) is 17.2. The zero-order valence-corrected chi connectivity index (χ0v) is 33.3. The van der Waals surface area contributed by atoms with Crippen LogP contribution in [0.15, 0.2) is 211 Å². The molecule has 0 aliphatic heterocycles. The molecule has 0 radical (unpaired) electrons. The van der Waals surface area contributed by atoms with E-state index in [0.29, 0.717) is 0 Å². The number of hydrogen-bond donors (Lipinski definition) is 0. The van der Waals surface area contributed by atoms with Crippen molar-refractivity contribution >= 4 is 96.5 Å². The molecule has 0 aliphatic rings. The normalized spacial score (nSPS) is 12.0. The lowest BCUT2D eigenvalue weighted by atomic mass is 9.83. The molecule has 0 aliphatic carbocycles. The molecule has 0 unspecified atom stereocenters. The van der Waals surface area contributed by atoms with Crippen molar-refractivity contribution in [2.24, 2.45) is 0 Å². The van der Waals surface area contributed by atoms with E-state index in [1.807, 2.05) is 11.3 Å². The van der Waals surface area contributed by atoms with Crippen molar-refractivity contribution in [2.45, 2.75) is 0 Å². The van der Waals surface area contributed by atoms with Crippen LogP contribution >= 0.6 is 11.3 Å². The SMILES string of the molecule is c1ccc(-c2cccc(-c3c4ccccc4c(-c4ccc(-c5cc6sc7ccc8c9ccccc9oc8c7c6c6ccccc56)c5ccccc45)c4ccccc34)c2)cc1. The van der Waals surface area contributed by atoms with E-state index in [0.717, 1.165) is 16.6 Å². The van der Waals surface area contributed by atoms with E-state index in [9.17, 15) is 0 Å². The minimum absolute atomic E-state index is 0.930. The fourth-order valence-corrected chi connectivity index (χ4v) is 11.2. The predicted molar refractivity (Wildman–Crippen MR) is 258 cm³/mol. The fraction of sp³-hybridized carbons (Fsp3) is 0. The molecule has 13 rings (SSSR count). The number of para-hydroxylation sites is 1. The van der Waals surface area contributed by atoms with Gasteiger partial charge in [0.2, 0.25) is 0 Å². The Balaban J connectivity index is 1.06. The molecular weight excluding hydrogens is 745 g/mol. The number of benzene rings is 11. The van der Waals surface area contributed by atoms with E-state index in [4.69, 9.17) is 4.42 Å². The van der Waals surface area contributed by atoms with Gasteiger partial charge in [-0.1, -0.05) is 176 Å². The van der Waals surface area contributed by atoms with Crippen LogP contribution in [0.1, 0.15) is 0 Å². The third-order valence-electron chi connectivity index (χ3n) is 12.7. The molecule has 11 aromatic carbocycles. The molecule has 278 valence electrons. The zero-order chi connectivity index (χ0) is 39.3. The number of thiophene rings is 1. The van der Waals surface area contributed by atoms with Gasteiger partial charge >= 0.3 is 0 Å². The second-order valence-corrected chi connectivity index (χ2v) is 16.9. The average molecular weight is 779 g/mol. The summed E-state index contributed by atoms with van der Waals surface area (Å²) < 4.78 is 9.14. The van der Waals surface area contributed by atoms with Gasteiger partial charge in [0.1, 0.15) is 11.2 Å². The fourth-order valence-electron chi connectivity index (χ4n) is 10.1. The first-order valence-corrected chi connectivity index (χ1v) is 21.4. The molecule has 60 heavy (non-hydrogen) atoms. The molecule has 0 N–H and O–H groups in total. The second-order valence-electron chi connectivity index (χ2n) is 15.9. The standard InChI is InChI=1S/C58H34OS/c1-2-15-35(16-3-1)36-17-14-18-37(33-36)54-44-24-8-10-26-46(44)55(47-27-11-9-25-45(47)54)48-30-29-41(38-19-4-5-20-39(38)48)50-34-53-56(43-23-7-6-21-40(43)50)57-52(60-53)32-31-49-42-22-12-13-28-51(42)59-58(49)57/h1-34H. The van der Waals surface area contributed by atoms with Crippen molar-refractivity contribution in [3.8, 4) is 44.5 Å². The van der Waals surface area contributed by atoms with Gasteiger partial charge in [0.05, 0.1) is 0 Å². The van der Waals surface area contributed by atoms with E-state index < -0.39 is 0 Å². The molecule has 2 heteroatoms. The van der Waals surface area contributed by atoms with Crippen LogP contribution in [0.4, 0.5) is 0 Å². The summed E-state index contributed by atoms with van der Waals surface area (Å²) in [5.41, 5.74) is 11.8. The number of hydrogen-bond acceptors (Lipinski definition) is 2. The van der Waals surface area contributed by atoms with Crippen LogP contribution in [0.5, 0.6) is 0 Å². The van der Waals surface area contributed by atoms with E-state index in [1.54, 1.807) is 0 Å². The largest absolute Gasteiger partial charge is 0.455 e. The average Bonchev–Trinajstić information content (AvgIpc) is 3.89. The third-order valence-corrected chi connectivity index (χ3v) is 13.8. The Labute approximate surface area is 350 Å². The molecule has 0 spiro atoms. The highest BCUT2D eigenvalue weighted by Crippen LogP contribution is 2.50. The lowest BCUT2D eigenvalue weighted by Gasteiger charge is -2.20. The number of rotatable bonds is 4. The molecule has 0 amide bonds. The van der Waals surface area contributed by atoms with Gasteiger partial charge in [-0.2, -0.15) is 0 Å². The van der Waals surface area contributed by atoms with Crippen molar-refractivity contribution in [1.29, 1.82) is 0 Å². The van der Waals surface area contributed by atoms with Gasteiger partial charge in [-0.3, -0.25) is 0 Å². The number of furan rings is 1. The van der Waals surface area contributed by atoms with Gasteiger partial charge in [0, 0.05) is 30.9 Å². The molecule has 0 saturated carbocycles. The van der Waals surface area contributed by atoms with E-state index >= 15 is 0 Å². The van der Waals surface area contributed by atoms with Crippen LogP contribution in [0, 0.1) is 0 Å². The minimum atomic E-state index is 0.930. The minimum Gasteiger partial charge on any atom is -0.455 e. The summed E-state index contributed by atoms with van der Waals surface area (Å²) >= 11 is 1.86. The first kappa shape index (κ1) is 33.5. The molecular formula is C58H34OS. The quantitative estimate of drug-likeness (QED) is 0.162. The van der Waals surface area contributed by atoms with Crippen LogP contribution in [0.25, 0.3) is 130 Å². The highest BCUT2D eigenvalue weighted by molar-refractivity contribution is 7.26. The van der Waals surface area contributed by atoms with Gasteiger partial charge in [0.15, 0.2) is 0 Å². The molecule has 2 heterocycles. The Morgan fingerprint density at radius 2 is 0.817 bits per heavy atom. The summed E-state index contributed by atoms with van der Waals surface area (Å²) in [6, 6.07) is 75.7. The van der Waals surface area contributed by atoms with Crippen molar-refractivity contribution in [1.82, 2.24) is 0 Å². The summed E-state index contributed by atoms with van der Waals surface area (Å²) in [7, 11) is 0. The van der Waals surface area contributed by atoms with Crippen LogP contribution in [-0.4, -0.2) is 0 Å².